The van der Waals surface area contributed by atoms with Crippen LogP contribution in [0.15, 0.2) is 53.4 Å². The number of anilines is 1. The van der Waals surface area contributed by atoms with Crippen molar-refractivity contribution < 1.29 is 17.9 Å². The van der Waals surface area contributed by atoms with Gasteiger partial charge >= 0.3 is 0 Å². The molecule has 2 unspecified atom stereocenters. The van der Waals surface area contributed by atoms with Crippen LogP contribution in [0, 0.1) is 11.8 Å². The number of carbonyl (C=O) groups is 1. The van der Waals surface area contributed by atoms with Gasteiger partial charge in [-0.05, 0) is 66.8 Å². The Morgan fingerprint density at radius 1 is 1.07 bits per heavy atom. The molecular weight excluding hydrogens is 424 g/mol. The number of benzene rings is 2. The Hall–Kier alpha value is -2.25. The van der Waals surface area contributed by atoms with Crippen molar-refractivity contribution in [2.45, 2.75) is 25.2 Å². The fraction of sp³-hybridized carbons (Fsp3) is 0.409. The molecule has 0 N–H and O–H groups in total. The molecule has 0 bridgehead atoms. The van der Waals surface area contributed by atoms with E-state index in [1.807, 2.05) is 4.90 Å². The molecule has 1 aliphatic heterocycles. The number of ether oxygens (including phenoxy) is 1. The van der Waals surface area contributed by atoms with Gasteiger partial charge in [-0.3, -0.25) is 9.10 Å². The number of amides is 1. The third-order valence-electron chi connectivity index (χ3n) is 5.26. The van der Waals surface area contributed by atoms with Gasteiger partial charge in [0.1, 0.15) is 5.75 Å². The van der Waals surface area contributed by atoms with Crippen molar-refractivity contribution in [2.24, 2.45) is 11.8 Å². The average Bonchev–Trinajstić information content (AvgIpc) is 2.71. The molecule has 1 fully saturated rings. The summed E-state index contributed by atoms with van der Waals surface area (Å²) in [5.74, 6) is 1.48. The summed E-state index contributed by atoms with van der Waals surface area (Å²) < 4.78 is 32.4. The van der Waals surface area contributed by atoms with Gasteiger partial charge in [0.15, 0.2) is 6.61 Å². The van der Waals surface area contributed by atoms with E-state index in [1.54, 1.807) is 36.4 Å². The monoisotopic (exact) mass is 450 g/mol. The second kappa shape index (κ2) is 9.27. The Bertz CT molecular complexity index is 967. The highest BCUT2D eigenvalue weighted by Gasteiger charge is 2.25. The minimum absolute atomic E-state index is 0.0279. The van der Waals surface area contributed by atoms with Gasteiger partial charge in [-0.15, -0.1) is 0 Å². The number of piperidine rings is 1. The van der Waals surface area contributed by atoms with Crippen LogP contribution >= 0.6 is 11.6 Å². The molecule has 2 aromatic rings. The van der Waals surface area contributed by atoms with E-state index in [2.05, 4.69) is 13.8 Å². The lowest BCUT2D eigenvalue weighted by atomic mass is 9.92. The Labute approximate surface area is 183 Å². The predicted molar refractivity (Wildman–Crippen MR) is 119 cm³/mol. The lowest BCUT2D eigenvalue weighted by molar-refractivity contribution is -0.136. The van der Waals surface area contributed by atoms with E-state index >= 15 is 0 Å². The SMILES string of the molecule is CC1CC(C)CN(C(=O)COc2ccc(N(C)S(=O)(=O)c3ccc(Cl)cc3)cc2)C1. The van der Waals surface area contributed by atoms with Crippen molar-refractivity contribution in [3.05, 3.63) is 53.6 Å². The molecule has 0 aliphatic carbocycles. The second-order valence-electron chi connectivity index (χ2n) is 7.95. The number of sulfonamides is 1. The zero-order chi connectivity index (χ0) is 21.9. The molecule has 3 rings (SSSR count). The van der Waals surface area contributed by atoms with E-state index in [1.165, 1.54) is 23.5 Å². The highest BCUT2D eigenvalue weighted by Crippen LogP contribution is 2.25. The quantitative estimate of drug-likeness (QED) is 0.665. The molecule has 8 heteroatoms. The zero-order valence-corrected chi connectivity index (χ0v) is 19.0. The number of rotatable bonds is 6. The minimum Gasteiger partial charge on any atom is -0.484 e. The molecule has 1 saturated heterocycles. The first-order chi connectivity index (χ1) is 14.2. The lowest BCUT2D eigenvalue weighted by Crippen LogP contribution is -2.44. The van der Waals surface area contributed by atoms with Crippen molar-refractivity contribution in [2.75, 3.05) is 31.0 Å². The number of hydrogen-bond donors (Lipinski definition) is 0. The van der Waals surface area contributed by atoms with Crippen LogP contribution in [-0.4, -0.2) is 46.0 Å². The van der Waals surface area contributed by atoms with Gasteiger partial charge in [0.25, 0.3) is 15.9 Å². The molecule has 0 spiro atoms. The summed E-state index contributed by atoms with van der Waals surface area (Å²) in [6.07, 6.45) is 1.14. The van der Waals surface area contributed by atoms with Crippen molar-refractivity contribution in [3.63, 3.8) is 0 Å². The Morgan fingerprint density at radius 3 is 2.20 bits per heavy atom. The number of halogens is 1. The molecule has 30 heavy (non-hydrogen) atoms. The predicted octanol–water partition coefficient (Wildman–Crippen LogP) is 4.05. The van der Waals surface area contributed by atoms with Crippen LogP contribution in [0.4, 0.5) is 5.69 Å². The number of hydrogen-bond acceptors (Lipinski definition) is 4. The Morgan fingerprint density at radius 2 is 1.63 bits per heavy atom. The van der Waals surface area contributed by atoms with Gasteiger partial charge in [-0.25, -0.2) is 8.42 Å². The fourth-order valence-corrected chi connectivity index (χ4v) is 5.08. The first kappa shape index (κ1) is 22.4. The maximum atomic E-state index is 12.8. The third-order valence-corrected chi connectivity index (χ3v) is 7.31. The summed E-state index contributed by atoms with van der Waals surface area (Å²) in [5.41, 5.74) is 0.488. The standard InChI is InChI=1S/C22H27ClN2O4S/c1-16-12-17(2)14-25(13-16)22(26)15-29-20-8-6-19(7-9-20)24(3)30(27,28)21-10-4-18(23)5-11-21/h4-11,16-17H,12-15H2,1-3H3. The highest BCUT2D eigenvalue weighted by molar-refractivity contribution is 7.92. The summed E-state index contributed by atoms with van der Waals surface area (Å²) in [6, 6.07) is 12.7. The van der Waals surface area contributed by atoms with E-state index in [-0.39, 0.29) is 17.4 Å². The van der Waals surface area contributed by atoms with Crippen LogP contribution in [-0.2, 0) is 14.8 Å². The molecule has 162 valence electrons. The van der Waals surface area contributed by atoms with Gasteiger partial charge in [0.05, 0.1) is 10.6 Å². The number of nitrogens with zero attached hydrogens (tertiary/aromatic N) is 2. The van der Waals surface area contributed by atoms with Crippen molar-refractivity contribution >= 4 is 33.2 Å². The van der Waals surface area contributed by atoms with E-state index in [4.69, 9.17) is 16.3 Å². The molecule has 0 radical (unpaired) electrons. The number of carbonyl (C=O) groups excluding carboxylic acids is 1. The lowest BCUT2D eigenvalue weighted by Gasteiger charge is -2.34. The van der Waals surface area contributed by atoms with Gasteiger partial charge in [-0.1, -0.05) is 25.4 Å². The summed E-state index contributed by atoms with van der Waals surface area (Å²) >= 11 is 5.84. The first-order valence-electron chi connectivity index (χ1n) is 9.92. The van der Waals surface area contributed by atoms with E-state index in [0.29, 0.717) is 28.3 Å². The number of likely N-dealkylation sites (tertiary alicyclic amines) is 1. The van der Waals surface area contributed by atoms with Crippen molar-refractivity contribution in [1.82, 2.24) is 4.90 Å². The van der Waals surface area contributed by atoms with E-state index in [0.717, 1.165) is 19.5 Å². The van der Waals surface area contributed by atoms with Gasteiger partial charge in [-0.2, -0.15) is 0 Å². The summed E-state index contributed by atoms with van der Waals surface area (Å²) in [5, 5.41) is 0.473. The average molecular weight is 451 g/mol. The topological polar surface area (TPSA) is 66.9 Å². The molecule has 1 aliphatic rings. The summed E-state index contributed by atoms with van der Waals surface area (Å²) in [7, 11) is -2.21. The maximum absolute atomic E-state index is 12.8. The van der Waals surface area contributed by atoms with Crippen LogP contribution in [0.25, 0.3) is 0 Å². The van der Waals surface area contributed by atoms with Gasteiger partial charge in [0, 0.05) is 25.2 Å². The second-order valence-corrected chi connectivity index (χ2v) is 10.4. The molecular formula is C22H27ClN2O4S. The van der Waals surface area contributed by atoms with Crippen LogP contribution in [0.2, 0.25) is 5.02 Å². The normalized spacial score (nSPS) is 19.4. The van der Waals surface area contributed by atoms with Crippen LogP contribution in [0.5, 0.6) is 5.75 Å². The molecule has 6 nitrogen and oxygen atoms in total. The molecule has 2 aromatic carbocycles. The molecule has 1 amide bonds. The van der Waals surface area contributed by atoms with Gasteiger partial charge < -0.3 is 9.64 Å². The van der Waals surface area contributed by atoms with Crippen molar-refractivity contribution in [3.8, 4) is 5.75 Å². The molecule has 0 saturated carbocycles. The minimum atomic E-state index is -3.70. The molecule has 2 atom stereocenters. The van der Waals surface area contributed by atoms with E-state index in [9.17, 15) is 13.2 Å². The van der Waals surface area contributed by atoms with Crippen molar-refractivity contribution in [1.29, 1.82) is 0 Å². The summed E-state index contributed by atoms with van der Waals surface area (Å²) in [4.78, 5) is 14.5. The third kappa shape index (κ3) is 5.26. The van der Waals surface area contributed by atoms with Crippen LogP contribution in [0.3, 0.4) is 0 Å². The van der Waals surface area contributed by atoms with E-state index < -0.39 is 10.0 Å². The zero-order valence-electron chi connectivity index (χ0n) is 17.4. The fourth-order valence-electron chi connectivity index (χ4n) is 3.76. The molecule has 0 aromatic heterocycles. The molecule has 1 heterocycles. The van der Waals surface area contributed by atoms with Crippen LogP contribution in [0.1, 0.15) is 20.3 Å². The van der Waals surface area contributed by atoms with Gasteiger partial charge in [0.2, 0.25) is 0 Å². The largest absolute Gasteiger partial charge is 0.484 e. The highest BCUT2D eigenvalue weighted by atomic mass is 35.5. The maximum Gasteiger partial charge on any atom is 0.264 e. The Kier molecular flexibility index (Phi) is 6.93. The summed E-state index contributed by atoms with van der Waals surface area (Å²) in [6.45, 7) is 5.81. The first-order valence-corrected chi connectivity index (χ1v) is 11.7. The smallest absolute Gasteiger partial charge is 0.264 e. The van der Waals surface area contributed by atoms with Crippen LogP contribution < -0.4 is 9.04 Å². The Balaban J connectivity index is 1.62.